The molecule has 0 aliphatic carbocycles. The summed E-state index contributed by atoms with van der Waals surface area (Å²) in [6.45, 7) is 2.18. The number of nitrogens with zero attached hydrogens (tertiary/aromatic N) is 1. The number of piperidine rings is 1. The van der Waals surface area contributed by atoms with Gasteiger partial charge in [0, 0.05) is 6.54 Å². The van der Waals surface area contributed by atoms with Crippen molar-refractivity contribution in [1.82, 2.24) is 4.90 Å². The van der Waals surface area contributed by atoms with Crippen molar-refractivity contribution in [2.75, 3.05) is 19.7 Å². The van der Waals surface area contributed by atoms with E-state index in [1.54, 1.807) is 24.3 Å². The molecule has 2 aromatic carbocycles. The number of aliphatic hydroxyl groups is 2. The normalized spacial score (nSPS) is 17.7. The molecule has 1 atom stereocenters. The minimum absolute atomic E-state index is 0.00707. The summed E-state index contributed by atoms with van der Waals surface area (Å²) in [6, 6.07) is 16.3. The summed E-state index contributed by atoms with van der Waals surface area (Å²) >= 11 is 0. The molecule has 5 nitrogen and oxygen atoms in total. The summed E-state index contributed by atoms with van der Waals surface area (Å²) in [7, 11) is -3.38. The smallest absolute Gasteiger partial charge is 0.182 e. The van der Waals surface area contributed by atoms with Crippen LogP contribution in [0.2, 0.25) is 0 Å². The average Bonchev–Trinajstić information content (AvgIpc) is 2.70. The van der Waals surface area contributed by atoms with E-state index in [1.807, 2.05) is 30.3 Å². The molecule has 0 radical (unpaired) electrons. The van der Waals surface area contributed by atoms with Crippen LogP contribution in [0.15, 0.2) is 59.5 Å². The van der Waals surface area contributed by atoms with E-state index in [4.69, 9.17) is 5.11 Å². The molecular weight excluding hydrogens is 362 g/mol. The quantitative estimate of drug-likeness (QED) is 0.759. The lowest BCUT2D eigenvalue weighted by atomic mass is 9.91. The van der Waals surface area contributed by atoms with E-state index in [9.17, 15) is 13.5 Å². The Labute approximate surface area is 161 Å². The van der Waals surface area contributed by atoms with Crippen molar-refractivity contribution < 1.29 is 18.6 Å². The molecule has 0 bridgehead atoms. The monoisotopic (exact) mass is 389 g/mol. The number of hydrogen-bond donors (Lipinski definition) is 2. The van der Waals surface area contributed by atoms with E-state index >= 15 is 0 Å². The van der Waals surface area contributed by atoms with E-state index in [2.05, 4.69) is 4.90 Å². The van der Waals surface area contributed by atoms with Gasteiger partial charge < -0.3 is 10.2 Å². The Balaban J connectivity index is 1.68. The fourth-order valence-corrected chi connectivity index (χ4v) is 5.08. The van der Waals surface area contributed by atoms with Crippen molar-refractivity contribution in [3.8, 4) is 0 Å². The Kier molecular flexibility index (Phi) is 6.65. The van der Waals surface area contributed by atoms with Gasteiger partial charge in [-0.2, -0.15) is 0 Å². The molecule has 1 unspecified atom stereocenters. The van der Waals surface area contributed by atoms with Crippen LogP contribution in [0, 0.1) is 5.92 Å². The summed E-state index contributed by atoms with van der Waals surface area (Å²) in [6.07, 6.45) is 1.04. The lowest BCUT2D eigenvalue weighted by Gasteiger charge is -2.34. The van der Waals surface area contributed by atoms with Crippen LogP contribution in [0.3, 0.4) is 0 Å². The van der Waals surface area contributed by atoms with Gasteiger partial charge in [0.1, 0.15) is 0 Å². The predicted octanol–water partition coefficient (Wildman–Crippen LogP) is 2.23. The topological polar surface area (TPSA) is 77.8 Å². The Morgan fingerprint density at radius 3 is 2.19 bits per heavy atom. The minimum atomic E-state index is -3.38. The average molecular weight is 390 g/mol. The highest BCUT2D eigenvalue weighted by molar-refractivity contribution is 7.90. The van der Waals surface area contributed by atoms with Crippen LogP contribution < -0.4 is 0 Å². The first kappa shape index (κ1) is 20.0. The van der Waals surface area contributed by atoms with E-state index in [1.165, 1.54) is 0 Å². The lowest BCUT2D eigenvalue weighted by Crippen LogP contribution is -2.38. The van der Waals surface area contributed by atoms with Crippen LogP contribution in [0.4, 0.5) is 0 Å². The molecule has 146 valence electrons. The van der Waals surface area contributed by atoms with Gasteiger partial charge in [-0.05, 0) is 55.1 Å². The molecule has 1 aliphatic heterocycles. The second-order valence-corrected chi connectivity index (χ2v) is 9.19. The van der Waals surface area contributed by atoms with E-state index < -0.39 is 15.9 Å². The fourth-order valence-electron chi connectivity index (χ4n) is 3.65. The summed E-state index contributed by atoms with van der Waals surface area (Å²) in [5.41, 5.74) is 1.86. The SMILES string of the molecule is O=S(=O)(Cc1ccccc1CN1CCC(C(O)CO)CC1)c1ccccc1. The van der Waals surface area contributed by atoms with Crippen LogP contribution in [-0.2, 0) is 22.1 Å². The van der Waals surface area contributed by atoms with E-state index in [0.29, 0.717) is 11.4 Å². The first-order valence-corrected chi connectivity index (χ1v) is 11.0. The molecule has 1 saturated heterocycles. The Morgan fingerprint density at radius 1 is 0.963 bits per heavy atom. The number of rotatable bonds is 7. The third kappa shape index (κ3) is 5.17. The van der Waals surface area contributed by atoms with Gasteiger partial charge in [0.05, 0.1) is 23.4 Å². The number of hydrogen-bond acceptors (Lipinski definition) is 5. The van der Waals surface area contributed by atoms with Crippen LogP contribution in [-0.4, -0.2) is 49.3 Å². The van der Waals surface area contributed by atoms with Gasteiger partial charge in [0.2, 0.25) is 0 Å². The van der Waals surface area contributed by atoms with Crippen LogP contribution in [0.1, 0.15) is 24.0 Å². The van der Waals surface area contributed by atoms with Crippen LogP contribution in [0.25, 0.3) is 0 Å². The highest BCUT2D eigenvalue weighted by Gasteiger charge is 2.25. The molecule has 6 heteroatoms. The molecule has 1 aliphatic rings. The Bertz CT molecular complexity index is 830. The third-order valence-corrected chi connectivity index (χ3v) is 7.01. The van der Waals surface area contributed by atoms with Gasteiger partial charge in [-0.3, -0.25) is 4.90 Å². The summed E-state index contributed by atoms with van der Waals surface area (Å²) in [5.74, 6) is 0.132. The lowest BCUT2D eigenvalue weighted by molar-refractivity contribution is 0.0171. The second-order valence-electron chi connectivity index (χ2n) is 7.20. The number of aliphatic hydroxyl groups excluding tert-OH is 2. The second kappa shape index (κ2) is 8.97. The highest BCUT2D eigenvalue weighted by atomic mass is 32.2. The molecule has 0 amide bonds. The number of sulfone groups is 1. The van der Waals surface area contributed by atoms with Gasteiger partial charge in [-0.25, -0.2) is 8.42 Å². The predicted molar refractivity (Wildman–Crippen MR) is 105 cm³/mol. The molecule has 0 spiro atoms. The van der Waals surface area contributed by atoms with Crippen molar-refractivity contribution in [2.24, 2.45) is 5.92 Å². The fraction of sp³-hybridized carbons (Fsp3) is 0.429. The molecular formula is C21H27NO4S. The van der Waals surface area contributed by atoms with Crippen LogP contribution in [0.5, 0.6) is 0 Å². The summed E-state index contributed by atoms with van der Waals surface area (Å²) < 4.78 is 25.5. The Morgan fingerprint density at radius 2 is 1.56 bits per heavy atom. The standard InChI is InChI=1S/C21H27NO4S/c23-15-21(24)17-10-12-22(13-11-17)14-18-6-4-5-7-19(18)16-27(25,26)20-8-2-1-3-9-20/h1-9,17,21,23-24H,10-16H2. The maximum absolute atomic E-state index is 12.7. The van der Waals surface area contributed by atoms with Crippen LogP contribution >= 0.6 is 0 Å². The van der Waals surface area contributed by atoms with Crippen molar-refractivity contribution >= 4 is 9.84 Å². The molecule has 27 heavy (non-hydrogen) atoms. The third-order valence-electron chi connectivity index (χ3n) is 5.32. The zero-order chi connectivity index (χ0) is 19.3. The maximum Gasteiger partial charge on any atom is 0.182 e. The molecule has 0 aromatic heterocycles. The zero-order valence-electron chi connectivity index (χ0n) is 15.4. The van der Waals surface area contributed by atoms with Gasteiger partial charge in [0.25, 0.3) is 0 Å². The van der Waals surface area contributed by atoms with Gasteiger partial charge in [0.15, 0.2) is 9.84 Å². The van der Waals surface area contributed by atoms with E-state index in [-0.39, 0.29) is 18.3 Å². The molecule has 1 fully saturated rings. The maximum atomic E-state index is 12.7. The first-order chi connectivity index (χ1) is 13.0. The highest BCUT2D eigenvalue weighted by Crippen LogP contribution is 2.24. The minimum Gasteiger partial charge on any atom is -0.394 e. The zero-order valence-corrected chi connectivity index (χ0v) is 16.2. The molecule has 0 saturated carbocycles. The van der Waals surface area contributed by atoms with Gasteiger partial charge in [-0.1, -0.05) is 42.5 Å². The largest absolute Gasteiger partial charge is 0.394 e. The van der Waals surface area contributed by atoms with Gasteiger partial charge in [-0.15, -0.1) is 0 Å². The van der Waals surface area contributed by atoms with Crippen molar-refractivity contribution in [2.45, 2.75) is 36.1 Å². The van der Waals surface area contributed by atoms with Crippen molar-refractivity contribution in [3.63, 3.8) is 0 Å². The summed E-state index contributed by atoms with van der Waals surface area (Å²) in [5, 5.41) is 18.9. The van der Waals surface area contributed by atoms with Crippen molar-refractivity contribution in [3.05, 3.63) is 65.7 Å². The Hall–Kier alpha value is -1.73. The number of likely N-dealkylation sites (tertiary alicyclic amines) is 1. The number of benzene rings is 2. The first-order valence-electron chi connectivity index (χ1n) is 9.35. The van der Waals surface area contributed by atoms with Gasteiger partial charge >= 0.3 is 0 Å². The van der Waals surface area contributed by atoms with Crippen molar-refractivity contribution in [1.29, 1.82) is 0 Å². The molecule has 1 heterocycles. The molecule has 2 aromatic rings. The molecule has 3 rings (SSSR count). The molecule has 2 N–H and O–H groups in total. The van der Waals surface area contributed by atoms with E-state index in [0.717, 1.165) is 37.1 Å². The summed E-state index contributed by atoms with van der Waals surface area (Å²) in [4.78, 5) is 2.63.